The van der Waals surface area contributed by atoms with Crippen molar-refractivity contribution in [3.05, 3.63) is 77.4 Å². The van der Waals surface area contributed by atoms with Crippen molar-refractivity contribution in [2.75, 3.05) is 13.7 Å². The lowest BCUT2D eigenvalue weighted by Gasteiger charge is -2.27. The zero-order chi connectivity index (χ0) is 21.2. The summed E-state index contributed by atoms with van der Waals surface area (Å²) in [6.07, 6.45) is 3.67. The topological polar surface area (TPSA) is 59.1 Å². The van der Waals surface area contributed by atoms with Crippen LogP contribution in [0.5, 0.6) is 5.75 Å². The van der Waals surface area contributed by atoms with Crippen LogP contribution in [0.15, 0.2) is 60.7 Å². The largest absolute Gasteiger partial charge is 0.497 e. The van der Waals surface area contributed by atoms with Crippen LogP contribution in [0.3, 0.4) is 0 Å². The number of hydrogen-bond acceptors (Lipinski definition) is 4. The SMILES string of the molecule is COc1cccc(CN2C[C@]34C=C[C@H](O3)[C@@H](C(=O)N3Cc5ccccc5C3)[C@@H]4C2=O)c1. The van der Waals surface area contributed by atoms with Crippen LogP contribution in [0.4, 0.5) is 0 Å². The third kappa shape index (κ3) is 2.74. The highest BCUT2D eigenvalue weighted by Crippen LogP contribution is 2.53. The maximum Gasteiger partial charge on any atom is 0.230 e. The van der Waals surface area contributed by atoms with E-state index in [2.05, 4.69) is 12.1 Å². The normalized spacial score (nSPS) is 30.1. The van der Waals surface area contributed by atoms with E-state index in [1.807, 2.05) is 58.4 Å². The lowest BCUT2D eigenvalue weighted by Crippen LogP contribution is -2.44. The molecular weight excluding hydrogens is 392 g/mol. The first-order valence-electron chi connectivity index (χ1n) is 10.7. The summed E-state index contributed by atoms with van der Waals surface area (Å²) >= 11 is 0. The number of rotatable bonds is 4. The fourth-order valence-electron chi connectivity index (χ4n) is 5.69. The number of methoxy groups -OCH3 is 1. The van der Waals surface area contributed by atoms with E-state index in [9.17, 15) is 9.59 Å². The minimum Gasteiger partial charge on any atom is -0.497 e. The van der Waals surface area contributed by atoms with Crippen LogP contribution in [0.2, 0.25) is 0 Å². The molecule has 2 fully saturated rings. The summed E-state index contributed by atoms with van der Waals surface area (Å²) in [4.78, 5) is 30.8. The predicted molar refractivity (Wildman–Crippen MR) is 113 cm³/mol. The summed E-state index contributed by atoms with van der Waals surface area (Å²) in [7, 11) is 1.63. The summed E-state index contributed by atoms with van der Waals surface area (Å²) in [6.45, 7) is 2.16. The molecule has 2 amide bonds. The predicted octanol–water partition coefficient (Wildman–Crippen LogP) is 2.52. The second-order valence-corrected chi connectivity index (χ2v) is 8.91. The van der Waals surface area contributed by atoms with Crippen LogP contribution < -0.4 is 4.74 Å². The number of hydrogen-bond donors (Lipinski definition) is 0. The molecule has 4 aliphatic rings. The fourth-order valence-corrected chi connectivity index (χ4v) is 5.69. The Kier molecular flexibility index (Phi) is 4.02. The molecule has 158 valence electrons. The molecule has 0 saturated carbocycles. The smallest absolute Gasteiger partial charge is 0.230 e. The van der Waals surface area contributed by atoms with Gasteiger partial charge in [0.25, 0.3) is 0 Å². The average molecular weight is 416 g/mol. The molecule has 0 unspecified atom stereocenters. The van der Waals surface area contributed by atoms with E-state index in [4.69, 9.17) is 9.47 Å². The molecule has 31 heavy (non-hydrogen) atoms. The van der Waals surface area contributed by atoms with Crippen molar-refractivity contribution in [1.29, 1.82) is 0 Å². The lowest BCUT2D eigenvalue weighted by molar-refractivity contribution is -0.143. The summed E-state index contributed by atoms with van der Waals surface area (Å²) in [5, 5.41) is 0. The molecule has 6 nitrogen and oxygen atoms in total. The first-order valence-corrected chi connectivity index (χ1v) is 10.7. The lowest BCUT2D eigenvalue weighted by atomic mass is 9.76. The Hall–Kier alpha value is -3.12. The van der Waals surface area contributed by atoms with Crippen LogP contribution in [0.1, 0.15) is 16.7 Å². The second kappa shape index (κ2) is 6.69. The van der Waals surface area contributed by atoms with Crippen LogP contribution >= 0.6 is 0 Å². The standard InChI is InChI=1S/C25H24N2O4/c1-30-19-8-4-5-16(11-19)12-27-15-25-10-9-20(31-25)21(22(25)24(27)29)23(28)26-13-17-6-2-3-7-18(17)14-26/h2-11,20-22H,12-15H2,1H3/t20-,21+,22+,25-/m0/s1. The summed E-state index contributed by atoms with van der Waals surface area (Å²) in [5.41, 5.74) is 2.68. The molecule has 4 heterocycles. The van der Waals surface area contributed by atoms with Gasteiger partial charge < -0.3 is 19.3 Å². The molecule has 6 heteroatoms. The van der Waals surface area contributed by atoms with Crippen molar-refractivity contribution in [2.45, 2.75) is 31.3 Å². The number of amides is 2. The number of fused-ring (bicyclic) bond motifs is 2. The molecule has 2 saturated heterocycles. The Labute approximate surface area is 181 Å². The van der Waals surface area contributed by atoms with Gasteiger partial charge in [0.2, 0.25) is 11.8 Å². The third-order valence-corrected chi connectivity index (χ3v) is 7.12. The number of benzene rings is 2. The summed E-state index contributed by atoms with van der Waals surface area (Å²) in [6, 6.07) is 15.9. The maximum absolute atomic E-state index is 13.6. The number of carbonyl (C=O) groups excluding carboxylic acids is 2. The van der Waals surface area contributed by atoms with Crippen molar-refractivity contribution >= 4 is 11.8 Å². The molecule has 2 aromatic carbocycles. The van der Waals surface area contributed by atoms with E-state index in [1.165, 1.54) is 11.1 Å². The van der Waals surface area contributed by atoms with Crippen molar-refractivity contribution in [1.82, 2.24) is 9.80 Å². The van der Waals surface area contributed by atoms with E-state index < -0.39 is 17.4 Å². The molecule has 4 atom stereocenters. The molecule has 4 aliphatic heterocycles. The van der Waals surface area contributed by atoms with Gasteiger partial charge in [-0.25, -0.2) is 0 Å². The van der Waals surface area contributed by atoms with E-state index in [0.29, 0.717) is 26.2 Å². The molecule has 0 N–H and O–H groups in total. The van der Waals surface area contributed by atoms with Gasteiger partial charge in [0.1, 0.15) is 11.4 Å². The molecule has 0 aliphatic carbocycles. The molecule has 0 aromatic heterocycles. The van der Waals surface area contributed by atoms with E-state index >= 15 is 0 Å². The minimum atomic E-state index is -0.687. The van der Waals surface area contributed by atoms with Gasteiger partial charge in [-0.1, -0.05) is 48.6 Å². The van der Waals surface area contributed by atoms with Gasteiger partial charge in [-0.15, -0.1) is 0 Å². The first kappa shape index (κ1) is 18.6. The number of nitrogens with zero attached hydrogens (tertiary/aromatic N) is 2. The van der Waals surface area contributed by atoms with E-state index in [0.717, 1.165) is 11.3 Å². The molecule has 6 rings (SSSR count). The fraction of sp³-hybridized carbons (Fsp3) is 0.360. The number of ether oxygens (including phenoxy) is 2. The van der Waals surface area contributed by atoms with Crippen LogP contribution in [-0.2, 0) is 34.0 Å². The van der Waals surface area contributed by atoms with Crippen LogP contribution in [-0.4, -0.2) is 47.0 Å². The van der Waals surface area contributed by atoms with Gasteiger partial charge in [0.05, 0.1) is 31.6 Å². The van der Waals surface area contributed by atoms with Gasteiger partial charge in [0.15, 0.2) is 0 Å². The van der Waals surface area contributed by atoms with Gasteiger partial charge in [-0.2, -0.15) is 0 Å². The van der Waals surface area contributed by atoms with Crippen molar-refractivity contribution in [2.24, 2.45) is 11.8 Å². The van der Waals surface area contributed by atoms with Gasteiger partial charge >= 0.3 is 0 Å². The molecule has 1 spiro atoms. The van der Waals surface area contributed by atoms with Gasteiger partial charge in [0, 0.05) is 19.6 Å². The maximum atomic E-state index is 13.6. The molecule has 2 bridgehead atoms. The Morgan fingerprint density at radius 1 is 1.16 bits per heavy atom. The zero-order valence-electron chi connectivity index (χ0n) is 17.4. The highest BCUT2D eigenvalue weighted by Gasteiger charge is 2.67. The van der Waals surface area contributed by atoms with Crippen molar-refractivity contribution in [3.8, 4) is 5.75 Å². The van der Waals surface area contributed by atoms with E-state index in [-0.39, 0.29) is 17.9 Å². The van der Waals surface area contributed by atoms with Crippen molar-refractivity contribution < 1.29 is 19.1 Å². The molecule has 2 aromatic rings. The highest BCUT2D eigenvalue weighted by molar-refractivity contribution is 5.93. The average Bonchev–Trinajstić information content (AvgIpc) is 3.53. The Morgan fingerprint density at radius 3 is 2.68 bits per heavy atom. The van der Waals surface area contributed by atoms with Crippen LogP contribution in [0, 0.1) is 11.8 Å². The molecular formula is C25H24N2O4. The Bertz CT molecular complexity index is 1090. The van der Waals surface area contributed by atoms with E-state index in [1.54, 1.807) is 7.11 Å². The van der Waals surface area contributed by atoms with Crippen molar-refractivity contribution in [3.63, 3.8) is 0 Å². The number of carbonyl (C=O) groups is 2. The highest BCUT2D eigenvalue weighted by atomic mass is 16.5. The van der Waals surface area contributed by atoms with Gasteiger partial charge in [-0.3, -0.25) is 9.59 Å². The Balaban J connectivity index is 1.25. The van der Waals surface area contributed by atoms with Gasteiger partial charge in [-0.05, 0) is 28.8 Å². The monoisotopic (exact) mass is 416 g/mol. The summed E-state index contributed by atoms with van der Waals surface area (Å²) < 4.78 is 11.6. The summed E-state index contributed by atoms with van der Waals surface area (Å²) in [5.74, 6) is -0.119. The zero-order valence-corrected chi connectivity index (χ0v) is 17.4. The minimum absolute atomic E-state index is 0.00438. The third-order valence-electron chi connectivity index (χ3n) is 7.12. The second-order valence-electron chi connectivity index (χ2n) is 8.91. The van der Waals surface area contributed by atoms with Crippen LogP contribution in [0.25, 0.3) is 0 Å². The molecule has 0 radical (unpaired) electrons. The Morgan fingerprint density at radius 2 is 1.94 bits per heavy atom. The quantitative estimate of drug-likeness (QED) is 0.719. The first-order chi connectivity index (χ1) is 15.1. The number of likely N-dealkylation sites (tertiary alicyclic amines) is 1.